The first kappa shape index (κ1) is 14.2. The lowest BCUT2D eigenvalue weighted by Gasteiger charge is -2.52. The van der Waals surface area contributed by atoms with Crippen LogP contribution >= 0.6 is 0 Å². The summed E-state index contributed by atoms with van der Waals surface area (Å²) in [6.07, 6.45) is 5.39. The molecule has 2 fully saturated rings. The number of benzene rings is 1. The number of carbonyl (C=O) groups is 1. The number of ether oxygens (including phenoxy) is 1. The van der Waals surface area contributed by atoms with Gasteiger partial charge in [-0.1, -0.05) is 12.1 Å². The van der Waals surface area contributed by atoms with Crippen LogP contribution in [0.2, 0.25) is 0 Å². The van der Waals surface area contributed by atoms with Gasteiger partial charge in [0.1, 0.15) is 0 Å². The predicted molar refractivity (Wildman–Crippen MR) is 86.0 cm³/mol. The van der Waals surface area contributed by atoms with E-state index in [0.29, 0.717) is 12.0 Å². The molecule has 1 spiro atoms. The summed E-state index contributed by atoms with van der Waals surface area (Å²) in [7, 11) is 1.88. The fourth-order valence-electron chi connectivity index (χ4n) is 4.09. The second-order valence-electron chi connectivity index (χ2n) is 6.97. The molecule has 118 valence electrons. The molecular formula is C18H24N2O2. The molecule has 1 saturated heterocycles. The second kappa shape index (κ2) is 5.36. The van der Waals surface area contributed by atoms with E-state index in [1.54, 1.807) is 4.90 Å². The Kier molecular flexibility index (Phi) is 3.46. The van der Waals surface area contributed by atoms with Crippen LogP contribution in [0.3, 0.4) is 0 Å². The van der Waals surface area contributed by atoms with Crippen molar-refractivity contribution < 1.29 is 9.53 Å². The first-order valence-corrected chi connectivity index (χ1v) is 8.39. The summed E-state index contributed by atoms with van der Waals surface area (Å²) < 4.78 is 5.73. The minimum absolute atomic E-state index is 0.224. The molecule has 4 heteroatoms. The lowest BCUT2D eigenvalue weighted by atomic mass is 9.75. The molecule has 2 heterocycles. The molecule has 0 N–H and O–H groups in total. The highest BCUT2D eigenvalue weighted by atomic mass is 16.5. The number of morpholine rings is 1. The maximum atomic E-state index is 11.8. The molecule has 0 atom stereocenters. The number of nitrogens with zero attached hydrogens (tertiary/aromatic N) is 2. The zero-order chi connectivity index (χ0) is 15.2. The van der Waals surface area contributed by atoms with Crippen molar-refractivity contribution in [2.24, 2.45) is 0 Å². The highest BCUT2D eigenvalue weighted by Gasteiger charge is 2.44. The lowest BCUT2D eigenvalue weighted by Crippen LogP contribution is -2.60. The van der Waals surface area contributed by atoms with Gasteiger partial charge in [0.25, 0.3) is 0 Å². The van der Waals surface area contributed by atoms with Crippen LogP contribution in [0, 0.1) is 0 Å². The van der Waals surface area contributed by atoms with Gasteiger partial charge >= 0.3 is 0 Å². The summed E-state index contributed by atoms with van der Waals surface area (Å²) >= 11 is 0. The average Bonchev–Trinajstić information content (AvgIpc) is 2.50. The van der Waals surface area contributed by atoms with Gasteiger partial charge in [-0.05, 0) is 42.9 Å². The minimum Gasteiger partial charge on any atom is -0.378 e. The topological polar surface area (TPSA) is 32.8 Å². The molecule has 0 radical (unpaired) electrons. The van der Waals surface area contributed by atoms with Crippen molar-refractivity contribution in [1.29, 1.82) is 0 Å². The van der Waals surface area contributed by atoms with Crippen molar-refractivity contribution >= 4 is 11.6 Å². The van der Waals surface area contributed by atoms with Crippen molar-refractivity contribution in [3.05, 3.63) is 29.3 Å². The molecular weight excluding hydrogens is 276 g/mol. The summed E-state index contributed by atoms with van der Waals surface area (Å²) in [5, 5.41) is 0. The monoisotopic (exact) mass is 300 g/mol. The Balaban J connectivity index is 1.55. The number of hydrogen-bond donors (Lipinski definition) is 0. The molecule has 0 aromatic heterocycles. The SMILES string of the molecule is CN1C(=O)CCc2cc(CN3CCOCC34CCC4)ccc21. The quantitative estimate of drug-likeness (QED) is 0.840. The Hall–Kier alpha value is -1.39. The number of fused-ring (bicyclic) bond motifs is 1. The molecule has 1 aromatic carbocycles. The van der Waals surface area contributed by atoms with E-state index in [1.165, 1.54) is 30.4 Å². The van der Waals surface area contributed by atoms with Gasteiger partial charge in [0, 0.05) is 37.8 Å². The third-order valence-corrected chi connectivity index (χ3v) is 5.69. The van der Waals surface area contributed by atoms with E-state index in [1.807, 2.05) is 7.05 Å². The van der Waals surface area contributed by atoms with Crippen LogP contribution in [0.15, 0.2) is 18.2 Å². The Morgan fingerprint density at radius 2 is 2.14 bits per heavy atom. The van der Waals surface area contributed by atoms with Gasteiger partial charge in [-0.3, -0.25) is 9.69 Å². The van der Waals surface area contributed by atoms with Crippen LogP contribution in [0.1, 0.15) is 36.8 Å². The fraction of sp³-hybridized carbons (Fsp3) is 0.611. The first-order valence-electron chi connectivity index (χ1n) is 8.39. The highest BCUT2D eigenvalue weighted by Crippen LogP contribution is 2.40. The van der Waals surface area contributed by atoms with E-state index < -0.39 is 0 Å². The molecule has 2 aliphatic heterocycles. The second-order valence-corrected chi connectivity index (χ2v) is 6.97. The zero-order valence-corrected chi connectivity index (χ0v) is 13.3. The Morgan fingerprint density at radius 3 is 2.91 bits per heavy atom. The van der Waals surface area contributed by atoms with Crippen molar-refractivity contribution in [3.63, 3.8) is 0 Å². The van der Waals surface area contributed by atoms with E-state index >= 15 is 0 Å². The van der Waals surface area contributed by atoms with Gasteiger partial charge in [0.2, 0.25) is 5.91 Å². The van der Waals surface area contributed by atoms with Crippen molar-refractivity contribution in [2.75, 3.05) is 31.7 Å². The number of aryl methyl sites for hydroxylation is 1. The van der Waals surface area contributed by atoms with Gasteiger partial charge in [0.15, 0.2) is 0 Å². The number of rotatable bonds is 2. The standard InChI is InChI=1S/C18H24N2O2/c1-19-16-5-3-14(11-15(16)4-6-17(19)21)12-20-9-10-22-13-18(20)7-2-8-18/h3,5,11H,2,4,6-10,12-13H2,1H3. The number of anilines is 1. The maximum Gasteiger partial charge on any atom is 0.227 e. The van der Waals surface area contributed by atoms with Gasteiger partial charge in [-0.15, -0.1) is 0 Å². The van der Waals surface area contributed by atoms with Crippen molar-refractivity contribution in [1.82, 2.24) is 4.90 Å². The third-order valence-electron chi connectivity index (χ3n) is 5.69. The van der Waals surface area contributed by atoms with Crippen LogP contribution in [0.4, 0.5) is 5.69 Å². The zero-order valence-electron chi connectivity index (χ0n) is 13.3. The van der Waals surface area contributed by atoms with E-state index in [9.17, 15) is 4.79 Å². The fourth-order valence-corrected chi connectivity index (χ4v) is 4.09. The molecule has 1 saturated carbocycles. The summed E-state index contributed by atoms with van der Waals surface area (Å²) in [5.74, 6) is 0.224. The molecule has 0 bridgehead atoms. The molecule has 22 heavy (non-hydrogen) atoms. The Morgan fingerprint density at radius 1 is 1.27 bits per heavy atom. The highest BCUT2D eigenvalue weighted by molar-refractivity contribution is 5.95. The van der Waals surface area contributed by atoms with E-state index in [-0.39, 0.29) is 5.91 Å². The van der Waals surface area contributed by atoms with Crippen LogP contribution in [0.25, 0.3) is 0 Å². The van der Waals surface area contributed by atoms with Gasteiger partial charge in [0.05, 0.1) is 13.2 Å². The molecule has 1 aliphatic carbocycles. The lowest BCUT2D eigenvalue weighted by molar-refractivity contribution is -0.118. The summed E-state index contributed by atoms with van der Waals surface area (Å²) in [6, 6.07) is 6.62. The van der Waals surface area contributed by atoms with Crippen LogP contribution < -0.4 is 4.90 Å². The van der Waals surface area contributed by atoms with Gasteiger partial charge in [-0.25, -0.2) is 0 Å². The van der Waals surface area contributed by atoms with Crippen LogP contribution in [-0.4, -0.2) is 43.2 Å². The number of amides is 1. The van der Waals surface area contributed by atoms with Crippen LogP contribution in [0.5, 0.6) is 0 Å². The Labute approximate surface area is 132 Å². The average molecular weight is 300 g/mol. The third kappa shape index (κ3) is 2.25. The molecule has 1 amide bonds. The van der Waals surface area contributed by atoms with Crippen LogP contribution in [-0.2, 0) is 22.5 Å². The van der Waals surface area contributed by atoms with E-state index in [0.717, 1.165) is 38.4 Å². The molecule has 3 aliphatic rings. The Bertz CT molecular complexity index is 595. The smallest absolute Gasteiger partial charge is 0.227 e. The normalized spacial score (nSPS) is 24.2. The molecule has 0 unspecified atom stereocenters. The molecule has 1 aromatic rings. The van der Waals surface area contributed by atoms with Gasteiger partial charge in [-0.2, -0.15) is 0 Å². The largest absolute Gasteiger partial charge is 0.378 e. The summed E-state index contributed by atoms with van der Waals surface area (Å²) in [6.45, 7) is 3.79. The maximum absolute atomic E-state index is 11.8. The molecule has 4 rings (SSSR count). The van der Waals surface area contributed by atoms with E-state index in [2.05, 4.69) is 23.1 Å². The molecule has 4 nitrogen and oxygen atoms in total. The number of hydrogen-bond acceptors (Lipinski definition) is 3. The first-order chi connectivity index (χ1) is 10.7. The number of carbonyl (C=O) groups excluding carboxylic acids is 1. The summed E-state index contributed by atoms with van der Waals surface area (Å²) in [4.78, 5) is 16.2. The predicted octanol–water partition coefficient (Wildman–Crippen LogP) is 2.35. The van der Waals surface area contributed by atoms with Gasteiger partial charge < -0.3 is 9.64 Å². The van der Waals surface area contributed by atoms with E-state index in [4.69, 9.17) is 4.74 Å². The minimum atomic E-state index is 0.224. The van der Waals surface area contributed by atoms with Crippen molar-refractivity contribution in [3.8, 4) is 0 Å². The van der Waals surface area contributed by atoms with Crippen molar-refractivity contribution in [2.45, 2.75) is 44.2 Å². The summed E-state index contributed by atoms with van der Waals surface area (Å²) in [5.41, 5.74) is 4.08.